The van der Waals surface area contributed by atoms with Gasteiger partial charge < -0.3 is 0 Å². The molecule has 1 aliphatic rings. The van der Waals surface area contributed by atoms with Gasteiger partial charge in [0.05, 0.1) is 5.69 Å². The van der Waals surface area contributed by atoms with Crippen LogP contribution in [0.25, 0.3) is 17.2 Å². The molecule has 0 aliphatic carbocycles. The number of hydrogen-bond donors (Lipinski definition) is 1. The lowest BCUT2D eigenvalue weighted by Gasteiger charge is -2.28. The van der Waals surface area contributed by atoms with Crippen molar-refractivity contribution in [2.24, 2.45) is 0 Å². The maximum Gasteiger partial charge on any atom is 0.270 e. The normalized spacial score (nSPS) is 15.5. The summed E-state index contributed by atoms with van der Waals surface area (Å²) in [4.78, 5) is 26.8. The highest BCUT2D eigenvalue weighted by Crippen LogP contribution is 2.25. The first-order valence-electron chi connectivity index (χ1n) is 9.26. The Balaban J connectivity index is 1.63. The number of hydrogen-bond acceptors (Lipinski definition) is 3. The van der Waals surface area contributed by atoms with Crippen molar-refractivity contribution in [1.82, 2.24) is 5.32 Å². The second kappa shape index (κ2) is 8.22. The predicted octanol–water partition coefficient (Wildman–Crippen LogP) is 5.15. The van der Waals surface area contributed by atoms with E-state index >= 15 is 0 Å². The molecule has 1 heterocycles. The van der Waals surface area contributed by atoms with Gasteiger partial charge in [0, 0.05) is 5.02 Å². The number of nitrogens with zero attached hydrogens (tertiary/aromatic N) is 1. The molecule has 2 amide bonds. The molecule has 0 atom stereocenters. The Morgan fingerprint density at radius 2 is 1.43 bits per heavy atom. The van der Waals surface area contributed by atoms with Crippen molar-refractivity contribution >= 4 is 52.5 Å². The third-order valence-electron chi connectivity index (χ3n) is 4.79. The van der Waals surface area contributed by atoms with Gasteiger partial charge in [0.1, 0.15) is 5.57 Å². The van der Waals surface area contributed by atoms with Gasteiger partial charge in [0.15, 0.2) is 5.11 Å². The highest BCUT2D eigenvalue weighted by molar-refractivity contribution is 7.80. The van der Waals surface area contributed by atoms with Gasteiger partial charge in [0.25, 0.3) is 11.8 Å². The second-order valence-corrected chi connectivity index (χ2v) is 7.75. The third-order valence-corrected chi connectivity index (χ3v) is 5.33. The highest BCUT2D eigenvalue weighted by atomic mass is 35.5. The van der Waals surface area contributed by atoms with Crippen LogP contribution in [0.3, 0.4) is 0 Å². The second-order valence-electron chi connectivity index (χ2n) is 6.92. The zero-order chi connectivity index (χ0) is 21.3. The van der Waals surface area contributed by atoms with Crippen LogP contribution in [0.15, 0.2) is 78.4 Å². The molecule has 0 spiro atoms. The number of anilines is 1. The van der Waals surface area contributed by atoms with E-state index in [4.69, 9.17) is 23.8 Å². The van der Waals surface area contributed by atoms with Gasteiger partial charge in [-0.15, -0.1) is 0 Å². The first-order valence-corrected chi connectivity index (χ1v) is 10.0. The van der Waals surface area contributed by atoms with Crippen LogP contribution in [-0.4, -0.2) is 16.9 Å². The average molecular weight is 433 g/mol. The van der Waals surface area contributed by atoms with Crippen LogP contribution >= 0.6 is 23.8 Å². The fraction of sp³-hybridized carbons (Fsp3) is 0.0417. The van der Waals surface area contributed by atoms with E-state index in [0.717, 1.165) is 16.7 Å². The van der Waals surface area contributed by atoms with Gasteiger partial charge in [-0.05, 0) is 66.2 Å². The van der Waals surface area contributed by atoms with E-state index in [1.165, 1.54) is 10.5 Å². The van der Waals surface area contributed by atoms with Crippen LogP contribution in [-0.2, 0) is 9.59 Å². The van der Waals surface area contributed by atoms with Crippen molar-refractivity contribution in [3.63, 3.8) is 0 Å². The zero-order valence-corrected chi connectivity index (χ0v) is 17.6. The summed E-state index contributed by atoms with van der Waals surface area (Å²) in [5.74, 6) is -0.994. The molecule has 148 valence electrons. The van der Waals surface area contributed by atoms with Gasteiger partial charge in [-0.2, -0.15) is 0 Å². The van der Waals surface area contributed by atoms with Crippen molar-refractivity contribution in [2.45, 2.75) is 6.92 Å². The minimum absolute atomic E-state index is 0.0154. The number of amides is 2. The van der Waals surface area contributed by atoms with Crippen molar-refractivity contribution in [3.05, 3.63) is 94.5 Å². The van der Waals surface area contributed by atoms with Crippen LogP contribution in [0.4, 0.5) is 5.69 Å². The minimum atomic E-state index is -0.516. The van der Waals surface area contributed by atoms with E-state index in [9.17, 15) is 9.59 Å². The average Bonchev–Trinajstić information content (AvgIpc) is 2.73. The monoisotopic (exact) mass is 432 g/mol. The lowest BCUT2D eigenvalue weighted by atomic mass is 10.0. The number of thiocarbonyl (C=S) groups is 1. The first-order chi connectivity index (χ1) is 14.4. The molecule has 3 aromatic rings. The van der Waals surface area contributed by atoms with E-state index < -0.39 is 11.8 Å². The molecule has 1 aliphatic heterocycles. The van der Waals surface area contributed by atoms with E-state index in [2.05, 4.69) is 29.6 Å². The maximum absolute atomic E-state index is 13.0. The van der Waals surface area contributed by atoms with Crippen molar-refractivity contribution < 1.29 is 9.59 Å². The summed E-state index contributed by atoms with van der Waals surface area (Å²) < 4.78 is 0. The number of rotatable bonds is 3. The molecular formula is C24H17ClN2O2S. The molecule has 0 saturated carbocycles. The number of aryl methyl sites for hydroxylation is 1. The topological polar surface area (TPSA) is 49.4 Å². The Morgan fingerprint density at radius 3 is 2.03 bits per heavy atom. The Hall–Kier alpha value is -3.28. The van der Waals surface area contributed by atoms with Crippen LogP contribution in [0, 0.1) is 6.92 Å². The fourth-order valence-electron chi connectivity index (χ4n) is 3.17. The summed E-state index contributed by atoms with van der Waals surface area (Å²) in [6, 6.07) is 22.6. The highest BCUT2D eigenvalue weighted by Gasteiger charge is 2.34. The van der Waals surface area contributed by atoms with Crippen LogP contribution < -0.4 is 10.2 Å². The standard InChI is InChI=1S/C24H17ClN2O2S/c1-15-2-6-17(7-3-15)18-8-4-16(5-9-18)14-21-22(28)26-24(30)27(23(21)29)20-12-10-19(25)11-13-20/h2-14H,1H3,(H,26,28,30). The molecular weight excluding hydrogens is 416 g/mol. The summed E-state index contributed by atoms with van der Waals surface area (Å²) in [6.45, 7) is 2.05. The number of carbonyl (C=O) groups excluding carboxylic acids is 2. The first kappa shape index (κ1) is 20.0. The van der Waals surface area contributed by atoms with E-state index in [-0.39, 0.29) is 10.7 Å². The molecule has 1 fully saturated rings. The maximum atomic E-state index is 13.0. The Labute approximate surface area is 184 Å². The SMILES string of the molecule is Cc1ccc(-c2ccc(C=C3C(=O)NC(=S)N(c4ccc(Cl)cc4)C3=O)cc2)cc1. The fourth-order valence-corrected chi connectivity index (χ4v) is 3.57. The number of carbonyl (C=O) groups is 2. The van der Waals surface area contributed by atoms with E-state index in [0.29, 0.717) is 10.7 Å². The lowest BCUT2D eigenvalue weighted by molar-refractivity contribution is -0.122. The quantitative estimate of drug-likeness (QED) is 0.354. The molecule has 30 heavy (non-hydrogen) atoms. The Kier molecular flexibility index (Phi) is 5.48. The molecule has 0 unspecified atom stereocenters. The summed E-state index contributed by atoms with van der Waals surface area (Å²) in [5, 5.41) is 3.17. The molecule has 4 rings (SSSR count). The van der Waals surface area contributed by atoms with Gasteiger partial charge >= 0.3 is 0 Å². The van der Waals surface area contributed by atoms with Gasteiger partial charge in [0.2, 0.25) is 0 Å². The molecule has 1 N–H and O–H groups in total. The molecule has 4 nitrogen and oxygen atoms in total. The Bertz CT molecular complexity index is 1170. The number of nitrogens with one attached hydrogen (secondary N) is 1. The molecule has 0 bridgehead atoms. The minimum Gasteiger partial charge on any atom is -0.298 e. The number of benzene rings is 3. The van der Waals surface area contributed by atoms with E-state index in [1.54, 1.807) is 30.3 Å². The van der Waals surface area contributed by atoms with Gasteiger partial charge in [-0.1, -0.05) is 65.7 Å². The summed E-state index contributed by atoms with van der Waals surface area (Å²) in [5.41, 5.74) is 4.65. The van der Waals surface area contributed by atoms with E-state index in [1.807, 2.05) is 31.2 Å². The molecule has 1 saturated heterocycles. The van der Waals surface area contributed by atoms with Crippen molar-refractivity contribution in [1.29, 1.82) is 0 Å². The zero-order valence-electron chi connectivity index (χ0n) is 16.1. The summed E-state index contributed by atoms with van der Waals surface area (Å²) in [7, 11) is 0. The smallest absolute Gasteiger partial charge is 0.270 e. The molecule has 6 heteroatoms. The predicted molar refractivity (Wildman–Crippen MR) is 124 cm³/mol. The van der Waals surface area contributed by atoms with Crippen LogP contribution in [0.5, 0.6) is 0 Å². The van der Waals surface area contributed by atoms with Crippen LogP contribution in [0.1, 0.15) is 11.1 Å². The Morgan fingerprint density at radius 1 is 0.867 bits per heavy atom. The van der Waals surface area contributed by atoms with Gasteiger partial charge in [-0.25, -0.2) is 0 Å². The summed E-state index contributed by atoms with van der Waals surface area (Å²) in [6.07, 6.45) is 1.57. The van der Waals surface area contributed by atoms with Crippen LogP contribution in [0.2, 0.25) is 5.02 Å². The molecule has 3 aromatic carbocycles. The van der Waals surface area contributed by atoms with Gasteiger partial charge in [-0.3, -0.25) is 19.8 Å². The number of halogens is 1. The molecule has 0 aromatic heterocycles. The third kappa shape index (κ3) is 4.03. The molecule has 0 radical (unpaired) electrons. The lowest BCUT2D eigenvalue weighted by Crippen LogP contribution is -2.54. The largest absolute Gasteiger partial charge is 0.298 e. The van der Waals surface area contributed by atoms with Crippen molar-refractivity contribution in [3.8, 4) is 11.1 Å². The summed E-state index contributed by atoms with van der Waals surface area (Å²) >= 11 is 11.1. The van der Waals surface area contributed by atoms with Crippen molar-refractivity contribution in [2.75, 3.05) is 4.90 Å².